The quantitative estimate of drug-likeness (QED) is 0.418. The van der Waals surface area contributed by atoms with E-state index in [2.05, 4.69) is 15.4 Å². The predicted octanol–water partition coefficient (Wildman–Crippen LogP) is 3.63. The maximum atomic E-state index is 12.6. The van der Waals surface area contributed by atoms with Crippen LogP contribution in [-0.4, -0.2) is 40.5 Å². The van der Waals surface area contributed by atoms with Gasteiger partial charge in [-0.05, 0) is 61.7 Å². The highest BCUT2D eigenvalue weighted by molar-refractivity contribution is 7.89. The van der Waals surface area contributed by atoms with Crippen LogP contribution in [0.1, 0.15) is 43.5 Å². The van der Waals surface area contributed by atoms with Crippen molar-refractivity contribution in [2.75, 3.05) is 30.9 Å². The van der Waals surface area contributed by atoms with Gasteiger partial charge in [0.1, 0.15) is 0 Å². The fourth-order valence-corrected chi connectivity index (χ4v) is 4.14. The number of sulfonamides is 1. The van der Waals surface area contributed by atoms with Crippen LogP contribution in [0.4, 0.5) is 11.4 Å². The van der Waals surface area contributed by atoms with Crippen molar-refractivity contribution < 1.29 is 22.7 Å². The fraction of sp³-hybridized carbons (Fsp3) is 0.391. The molecule has 0 spiro atoms. The van der Waals surface area contributed by atoms with Gasteiger partial charge in [-0.1, -0.05) is 19.9 Å². The van der Waals surface area contributed by atoms with Crippen molar-refractivity contribution in [3.8, 4) is 0 Å². The van der Waals surface area contributed by atoms with E-state index in [1.54, 1.807) is 31.4 Å². The molecule has 2 aromatic rings. The molecule has 0 unspecified atom stereocenters. The van der Waals surface area contributed by atoms with Crippen molar-refractivity contribution in [1.29, 1.82) is 0 Å². The van der Waals surface area contributed by atoms with Crippen LogP contribution in [0.2, 0.25) is 0 Å². The SMILES string of the molecule is CCC(CC)C(=O)Nc1cccc(C(=O)Nc2ccc(S(=O)(=O)NCCCOC)cc2)c1. The number of carbonyl (C=O) groups excluding carboxylic acids is 2. The molecular formula is C23H31N3O5S. The van der Waals surface area contributed by atoms with E-state index >= 15 is 0 Å². The Kier molecular flexibility index (Phi) is 9.83. The van der Waals surface area contributed by atoms with Crippen LogP contribution >= 0.6 is 0 Å². The largest absolute Gasteiger partial charge is 0.385 e. The van der Waals surface area contributed by atoms with E-state index in [0.29, 0.717) is 30.0 Å². The van der Waals surface area contributed by atoms with Crippen LogP contribution in [0.25, 0.3) is 0 Å². The lowest BCUT2D eigenvalue weighted by Gasteiger charge is -2.13. The normalized spacial score (nSPS) is 11.4. The van der Waals surface area contributed by atoms with E-state index in [1.165, 1.54) is 24.3 Å². The molecule has 0 fully saturated rings. The van der Waals surface area contributed by atoms with Gasteiger partial charge in [-0.3, -0.25) is 9.59 Å². The number of carbonyl (C=O) groups is 2. The Hall–Kier alpha value is -2.75. The summed E-state index contributed by atoms with van der Waals surface area (Å²) in [4.78, 5) is 25.0. The van der Waals surface area contributed by atoms with Crippen molar-refractivity contribution >= 4 is 33.2 Å². The second kappa shape index (κ2) is 12.3. The van der Waals surface area contributed by atoms with E-state index < -0.39 is 10.0 Å². The minimum Gasteiger partial charge on any atom is -0.385 e. The lowest BCUT2D eigenvalue weighted by Crippen LogP contribution is -2.25. The van der Waals surface area contributed by atoms with Crippen LogP contribution in [0.5, 0.6) is 0 Å². The predicted molar refractivity (Wildman–Crippen MR) is 125 cm³/mol. The monoisotopic (exact) mass is 461 g/mol. The zero-order valence-electron chi connectivity index (χ0n) is 18.7. The zero-order chi connectivity index (χ0) is 23.6. The van der Waals surface area contributed by atoms with Crippen LogP contribution < -0.4 is 15.4 Å². The number of anilines is 2. The van der Waals surface area contributed by atoms with Gasteiger partial charge in [0.25, 0.3) is 5.91 Å². The summed E-state index contributed by atoms with van der Waals surface area (Å²) < 4.78 is 32.0. The van der Waals surface area contributed by atoms with Gasteiger partial charge < -0.3 is 15.4 Å². The first-order valence-electron chi connectivity index (χ1n) is 10.6. The Labute approximate surface area is 189 Å². The van der Waals surface area contributed by atoms with Gasteiger partial charge in [0, 0.05) is 43.1 Å². The Morgan fingerprint density at radius 1 is 0.969 bits per heavy atom. The Morgan fingerprint density at radius 2 is 1.66 bits per heavy atom. The topological polar surface area (TPSA) is 114 Å². The van der Waals surface area contributed by atoms with Crippen LogP contribution in [0.15, 0.2) is 53.4 Å². The summed E-state index contributed by atoms with van der Waals surface area (Å²) in [6.07, 6.45) is 2.06. The van der Waals surface area contributed by atoms with Gasteiger partial charge in [-0.25, -0.2) is 13.1 Å². The molecule has 174 valence electrons. The lowest BCUT2D eigenvalue weighted by atomic mass is 10.0. The maximum Gasteiger partial charge on any atom is 0.255 e. The van der Waals surface area contributed by atoms with Gasteiger partial charge >= 0.3 is 0 Å². The summed E-state index contributed by atoms with van der Waals surface area (Å²) >= 11 is 0. The van der Waals surface area contributed by atoms with Gasteiger partial charge in [0.05, 0.1) is 4.90 Å². The van der Waals surface area contributed by atoms with Gasteiger partial charge in [0.2, 0.25) is 15.9 Å². The van der Waals surface area contributed by atoms with Gasteiger partial charge in [0.15, 0.2) is 0 Å². The highest BCUT2D eigenvalue weighted by Gasteiger charge is 2.16. The highest BCUT2D eigenvalue weighted by Crippen LogP contribution is 2.18. The summed E-state index contributed by atoms with van der Waals surface area (Å²) in [6, 6.07) is 12.6. The van der Waals surface area contributed by atoms with E-state index in [9.17, 15) is 18.0 Å². The summed E-state index contributed by atoms with van der Waals surface area (Å²) in [5, 5.41) is 5.59. The van der Waals surface area contributed by atoms with E-state index in [1.807, 2.05) is 13.8 Å². The van der Waals surface area contributed by atoms with Crippen molar-refractivity contribution in [1.82, 2.24) is 4.72 Å². The molecule has 0 aliphatic carbocycles. The summed E-state index contributed by atoms with van der Waals surface area (Å²) in [6.45, 7) is 4.67. The van der Waals surface area contributed by atoms with Crippen LogP contribution in [0.3, 0.4) is 0 Å². The Balaban J connectivity index is 2.01. The van der Waals surface area contributed by atoms with Crippen LogP contribution in [0, 0.1) is 5.92 Å². The molecule has 0 heterocycles. The van der Waals surface area contributed by atoms with Crippen molar-refractivity contribution in [2.24, 2.45) is 5.92 Å². The molecule has 0 bridgehead atoms. The van der Waals surface area contributed by atoms with Gasteiger partial charge in [-0.15, -0.1) is 0 Å². The molecule has 0 saturated carbocycles. The van der Waals surface area contributed by atoms with Crippen molar-refractivity contribution in [3.05, 3.63) is 54.1 Å². The molecule has 9 heteroatoms. The van der Waals surface area contributed by atoms with Crippen molar-refractivity contribution in [2.45, 2.75) is 38.0 Å². The highest BCUT2D eigenvalue weighted by atomic mass is 32.2. The number of rotatable bonds is 12. The smallest absolute Gasteiger partial charge is 0.255 e. The number of ether oxygens (including phenoxy) is 1. The summed E-state index contributed by atoms with van der Waals surface area (Å²) in [7, 11) is -2.07. The van der Waals surface area contributed by atoms with E-state index in [-0.39, 0.29) is 29.2 Å². The molecule has 0 radical (unpaired) electrons. The third kappa shape index (κ3) is 7.44. The molecule has 0 atom stereocenters. The number of amides is 2. The minimum atomic E-state index is -3.63. The zero-order valence-corrected chi connectivity index (χ0v) is 19.5. The molecule has 0 aliphatic heterocycles. The molecule has 0 aliphatic rings. The van der Waals surface area contributed by atoms with E-state index in [0.717, 1.165) is 12.8 Å². The first-order valence-corrected chi connectivity index (χ1v) is 12.1. The molecule has 2 rings (SSSR count). The van der Waals surface area contributed by atoms with Crippen molar-refractivity contribution in [3.63, 3.8) is 0 Å². The summed E-state index contributed by atoms with van der Waals surface area (Å²) in [5.74, 6) is -0.506. The number of hydrogen-bond donors (Lipinski definition) is 3. The second-order valence-corrected chi connectivity index (χ2v) is 9.07. The molecule has 32 heavy (non-hydrogen) atoms. The number of benzene rings is 2. The molecule has 2 aromatic carbocycles. The fourth-order valence-electron chi connectivity index (χ4n) is 3.07. The maximum absolute atomic E-state index is 12.6. The molecule has 8 nitrogen and oxygen atoms in total. The first-order chi connectivity index (χ1) is 15.3. The first kappa shape index (κ1) is 25.5. The molecule has 3 N–H and O–H groups in total. The number of nitrogens with one attached hydrogen (secondary N) is 3. The third-order valence-corrected chi connectivity index (χ3v) is 6.47. The third-order valence-electron chi connectivity index (χ3n) is 4.99. The van der Waals surface area contributed by atoms with Gasteiger partial charge in [-0.2, -0.15) is 0 Å². The Bertz CT molecular complexity index is 1000. The van der Waals surface area contributed by atoms with Crippen LogP contribution in [-0.2, 0) is 19.6 Å². The lowest BCUT2D eigenvalue weighted by molar-refractivity contribution is -0.120. The molecule has 0 saturated heterocycles. The Morgan fingerprint density at radius 3 is 2.28 bits per heavy atom. The average molecular weight is 462 g/mol. The minimum absolute atomic E-state index is 0.0693. The number of methoxy groups -OCH3 is 1. The molecule has 2 amide bonds. The number of hydrogen-bond acceptors (Lipinski definition) is 5. The standard InChI is InChI=1S/C23H31N3O5S/c1-4-17(5-2)22(27)26-20-9-6-8-18(16-20)23(28)25-19-10-12-21(13-11-19)32(29,30)24-14-7-15-31-3/h6,8-13,16-17,24H,4-5,7,14-15H2,1-3H3,(H,25,28)(H,26,27). The summed E-state index contributed by atoms with van der Waals surface area (Å²) in [5.41, 5.74) is 1.39. The van der Waals surface area contributed by atoms with E-state index in [4.69, 9.17) is 4.74 Å². The molecule has 0 aromatic heterocycles. The second-order valence-electron chi connectivity index (χ2n) is 7.31. The molecular weight excluding hydrogens is 430 g/mol. The average Bonchev–Trinajstić information content (AvgIpc) is 2.78.